The van der Waals surface area contributed by atoms with Crippen LogP contribution in [0, 0.1) is 0 Å². The number of nitrogens with one attached hydrogen (secondary N) is 1. The summed E-state index contributed by atoms with van der Waals surface area (Å²) in [5.41, 5.74) is 0.231. The molecular weight excluding hydrogens is 364 g/mol. The Morgan fingerprint density at radius 1 is 1.48 bits per heavy atom. The number of hydrogen-bond acceptors (Lipinski definition) is 8. The lowest BCUT2D eigenvalue weighted by Gasteiger charge is -2.43. The van der Waals surface area contributed by atoms with Gasteiger partial charge in [0.2, 0.25) is 0 Å². The molecule has 3 rings (SSSR count). The molecule has 1 fully saturated rings. The molecule has 1 saturated heterocycles. The number of ether oxygens (including phenoxy) is 1. The van der Waals surface area contributed by atoms with Gasteiger partial charge in [0.05, 0.1) is 0 Å². The van der Waals surface area contributed by atoms with E-state index in [2.05, 4.69) is 15.2 Å². The fraction of sp³-hybridized carbons (Fsp3) is 0.533. The van der Waals surface area contributed by atoms with E-state index in [0.717, 1.165) is 5.57 Å². The summed E-state index contributed by atoms with van der Waals surface area (Å²) < 4.78 is 5.47. The molecule has 10 heteroatoms. The van der Waals surface area contributed by atoms with Gasteiger partial charge in [-0.3, -0.25) is 19.6 Å². The Kier molecular flexibility index (Phi) is 4.67. The van der Waals surface area contributed by atoms with Crippen LogP contribution in [0.25, 0.3) is 0 Å². The molecule has 2 atom stereocenters. The van der Waals surface area contributed by atoms with E-state index < -0.39 is 28.6 Å². The summed E-state index contributed by atoms with van der Waals surface area (Å²) in [5, 5.41) is 6.41. The Hall–Kier alpha value is -1.81. The number of β-lactam (4-membered cyclic amide) rings is 1. The summed E-state index contributed by atoms with van der Waals surface area (Å²) >= 11 is 2.74. The third-order valence-corrected chi connectivity index (χ3v) is 5.87. The van der Waals surface area contributed by atoms with Crippen molar-refractivity contribution in [1.29, 1.82) is 0 Å². The van der Waals surface area contributed by atoms with Gasteiger partial charge in [-0.15, -0.1) is 11.8 Å². The molecule has 1 amide bonds. The normalized spacial score (nSPS) is 21.8. The van der Waals surface area contributed by atoms with Crippen LogP contribution in [0.5, 0.6) is 0 Å². The van der Waals surface area contributed by atoms with E-state index in [1.165, 1.54) is 34.8 Å². The van der Waals surface area contributed by atoms with E-state index in [1.807, 2.05) is 6.92 Å². The Morgan fingerprint density at radius 3 is 2.80 bits per heavy atom. The average Bonchev–Trinajstić information content (AvgIpc) is 3.03. The van der Waals surface area contributed by atoms with Gasteiger partial charge >= 0.3 is 5.97 Å². The van der Waals surface area contributed by atoms with Crippen LogP contribution in [0.2, 0.25) is 0 Å². The molecule has 1 aromatic heterocycles. The minimum absolute atomic E-state index is 0.146. The molecule has 0 radical (unpaired) electrons. The summed E-state index contributed by atoms with van der Waals surface area (Å²) in [5.74, 6) is -1.25. The molecular formula is C15H18N4O4S2. The van der Waals surface area contributed by atoms with E-state index in [9.17, 15) is 14.4 Å². The van der Waals surface area contributed by atoms with Gasteiger partial charge in [0.15, 0.2) is 10.5 Å². The minimum atomic E-state index is -0.700. The molecule has 0 aromatic carbocycles. The highest BCUT2D eigenvalue weighted by atomic mass is 32.2. The number of hydrogen-bond donors (Lipinski definition) is 1. The number of aromatic nitrogens is 3. The maximum Gasteiger partial charge on any atom is 0.355 e. The molecule has 0 bridgehead atoms. The molecule has 134 valence electrons. The van der Waals surface area contributed by atoms with Gasteiger partial charge in [0.25, 0.3) is 11.7 Å². The zero-order chi connectivity index (χ0) is 18.4. The molecule has 2 aliphatic rings. The number of carbonyl (C=O) groups excluding carboxylic acids is 3. The summed E-state index contributed by atoms with van der Waals surface area (Å²) in [4.78, 5) is 41.9. The number of esters is 1. The smallest absolute Gasteiger partial charge is 0.355 e. The number of H-pyrrole nitrogens is 1. The average molecular weight is 382 g/mol. The lowest BCUT2D eigenvalue weighted by Crippen LogP contribution is -2.62. The monoisotopic (exact) mass is 382 g/mol. The molecule has 3 heterocycles. The standard InChI is InChI=1S/C15H18N4O4S2/c1-7(25-14-16-6-17-18-14)8-5-24-12-10(20)11(21)19(12)9(8)13(22)23-15(2,3)4/h6-7,12H,5H2,1-4H3,(H,16,17,18)/t7?,12-/m0/s1. The second kappa shape index (κ2) is 6.49. The van der Waals surface area contributed by atoms with E-state index in [0.29, 0.717) is 10.9 Å². The van der Waals surface area contributed by atoms with E-state index in [-0.39, 0.29) is 10.9 Å². The van der Waals surface area contributed by atoms with Crippen LogP contribution in [0.15, 0.2) is 22.8 Å². The fourth-order valence-electron chi connectivity index (χ4n) is 2.50. The molecule has 8 nitrogen and oxygen atoms in total. The first kappa shape index (κ1) is 18.0. The molecule has 1 N–H and O–H groups in total. The van der Waals surface area contributed by atoms with Gasteiger partial charge in [0, 0.05) is 11.0 Å². The van der Waals surface area contributed by atoms with Crippen molar-refractivity contribution in [2.45, 2.75) is 49.1 Å². The fourth-order valence-corrected chi connectivity index (χ4v) is 4.82. The Bertz CT molecular complexity index is 754. The van der Waals surface area contributed by atoms with Crippen LogP contribution in [0.3, 0.4) is 0 Å². The van der Waals surface area contributed by atoms with Gasteiger partial charge in [-0.2, -0.15) is 5.10 Å². The predicted molar refractivity (Wildman–Crippen MR) is 92.7 cm³/mol. The van der Waals surface area contributed by atoms with Crippen molar-refractivity contribution in [2.75, 3.05) is 5.75 Å². The third kappa shape index (κ3) is 3.45. The first-order chi connectivity index (χ1) is 11.7. The number of Topliss-reactive ketones (excluding diaryl/α,β-unsaturated/α-hetero) is 1. The van der Waals surface area contributed by atoms with Gasteiger partial charge < -0.3 is 4.74 Å². The number of nitrogens with zero attached hydrogens (tertiary/aromatic N) is 3. The third-order valence-electron chi connectivity index (χ3n) is 3.59. The van der Waals surface area contributed by atoms with E-state index >= 15 is 0 Å². The zero-order valence-electron chi connectivity index (χ0n) is 14.2. The summed E-state index contributed by atoms with van der Waals surface area (Å²) in [6.45, 7) is 7.20. The SMILES string of the molecule is CC(Sc1ncn[nH]1)C1=C(C(=O)OC(C)(C)C)N2C(=O)C(=O)[C@@H]2SC1. The van der Waals surface area contributed by atoms with Crippen molar-refractivity contribution in [3.05, 3.63) is 17.6 Å². The first-order valence-electron chi connectivity index (χ1n) is 7.66. The summed E-state index contributed by atoms with van der Waals surface area (Å²) in [6.07, 6.45) is 1.40. The summed E-state index contributed by atoms with van der Waals surface area (Å²) in [7, 11) is 0. The Morgan fingerprint density at radius 2 is 2.20 bits per heavy atom. The van der Waals surface area contributed by atoms with Crippen LogP contribution in [-0.2, 0) is 19.1 Å². The number of amides is 1. The number of carbonyl (C=O) groups is 3. The van der Waals surface area contributed by atoms with Crippen molar-refractivity contribution in [3.8, 4) is 0 Å². The number of ketones is 1. The molecule has 25 heavy (non-hydrogen) atoms. The van der Waals surface area contributed by atoms with E-state index in [4.69, 9.17) is 4.74 Å². The maximum atomic E-state index is 12.7. The van der Waals surface area contributed by atoms with Crippen LogP contribution < -0.4 is 0 Å². The van der Waals surface area contributed by atoms with Crippen molar-refractivity contribution < 1.29 is 19.1 Å². The van der Waals surface area contributed by atoms with Gasteiger partial charge in [-0.05, 0) is 33.3 Å². The zero-order valence-corrected chi connectivity index (χ0v) is 15.9. The molecule has 0 aliphatic carbocycles. The minimum Gasteiger partial charge on any atom is -0.455 e. The van der Waals surface area contributed by atoms with Crippen LogP contribution in [0.4, 0.5) is 0 Å². The second-order valence-electron chi connectivity index (χ2n) is 6.63. The van der Waals surface area contributed by atoms with Gasteiger partial charge in [0.1, 0.15) is 17.6 Å². The van der Waals surface area contributed by atoms with Gasteiger partial charge in [-0.1, -0.05) is 11.8 Å². The number of fused-ring (bicyclic) bond motifs is 1. The highest BCUT2D eigenvalue weighted by Gasteiger charge is 2.54. The number of aromatic amines is 1. The molecule has 2 aliphatic heterocycles. The lowest BCUT2D eigenvalue weighted by molar-refractivity contribution is -0.161. The number of thioether (sulfide) groups is 2. The van der Waals surface area contributed by atoms with Gasteiger partial charge in [-0.25, -0.2) is 9.78 Å². The highest BCUT2D eigenvalue weighted by Crippen LogP contribution is 2.42. The highest BCUT2D eigenvalue weighted by molar-refractivity contribution is 8.01. The topological polar surface area (TPSA) is 105 Å². The first-order valence-corrected chi connectivity index (χ1v) is 9.59. The number of rotatable bonds is 4. The van der Waals surface area contributed by atoms with Crippen molar-refractivity contribution in [2.24, 2.45) is 0 Å². The molecule has 0 saturated carbocycles. The predicted octanol–water partition coefficient (Wildman–Crippen LogP) is 1.37. The Balaban J connectivity index is 1.95. The Labute approximate surface area is 153 Å². The molecule has 1 unspecified atom stereocenters. The van der Waals surface area contributed by atoms with Crippen LogP contribution in [-0.4, -0.2) is 59.7 Å². The maximum absolute atomic E-state index is 12.7. The largest absolute Gasteiger partial charge is 0.455 e. The summed E-state index contributed by atoms with van der Waals surface area (Å²) in [6, 6.07) is 0. The van der Waals surface area contributed by atoms with Crippen molar-refractivity contribution in [1.82, 2.24) is 20.1 Å². The lowest BCUT2D eigenvalue weighted by atomic mass is 10.0. The molecule has 1 aromatic rings. The van der Waals surface area contributed by atoms with Crippen LogP contribution in [0.1, 0.15) is 27.7 Å². The molecule has 0 spiro atoms. The van der Waals surface area contributed by atoms with E-state index in [1.54, 1.807) is 20.8 Å². The quantitative estimate of drug-likeness (QED) is 0.360. The van der Waals surface area contributed by atoms with Crippen LogP contribution >= 0.6 is 23.5 Å². The van der Waals surface area contributed by atoms with Crippen molar-refractivity contribution in [3.63, 3.8) is 0 Å². The second-order valence-corrected chi connectivity index (χ2v) is 9.03. The van der Waals surface area contributed by atoms with Crippen molar-refractivity contribution >= 4 is 41.2 Å².